The maximum atomic E-state index is 12.0. The number of carbonyl (C=O) groups is 1. The van der Waals surface area contributed by atoms with E-state index in [2.05, 4.69) is 20.9 Å². The van der Waals surface area contributed by atoms with E-state index >= 15 is 0 Å². The van der Waals surface area contributed by atoms with Crippen LogP contribution in [0.3, 0.4) is 0 Å². The van der Waals surface area contributed by atoms with E-state index in [0.717, 1.165) is 4.47 Å². The Balaban J connectivity index is 2.32. The molecule has 1 aromatic carbocycles. The van der Waals surface area contributed by atoms with Crippen molar-refractivity contribution in [1.82, 2.24) is 4.98 Å². The minimum atomic E-state index is -0.0586. The van der Waals surface area contributed by atoms with Gasteiger partial charge in [-0.15, -0.1) is 0 Å². The van der Waals surface area contributed by atoms with E-state index in [1.165, 1.54) is 6.20 Å². The number of carbonyl (C=O) groups excluding carboxylic acids is 1. The minimum Gasteiger partial charge on any atom is -0.289 e. The normalized spacial score (nSPS) is 10.1. The molecule has 1 heterocycles. The molecule has 0 aliphatic carbocycles. The molecule has 2 nitrogen and oxygen atoms in total. The molecule has 0 aliphatic heterocycles. The second kappa shape index (κ2) is 4.76. The third kappa shape index (κ3) is 2.49. The number of rotatable bonds is 2. The Labute approximate surface area is 106 Å². The number of benzene rings is 1. The monoisotopic (exact) mass is 295 g/mol. The minimum absolute atomic E-state index is 0.0586. The van der Waals surface area contributed by atoms with Crippen LogP contribution in [-0.4, -0.2) is 10.8 Å². The van der Waals surface area contributed by atoms with Gasteiger partial charge in [-0.2, -0.15) is 0 Å². The lowest BCUT2D eigenvalue weighted by Gasteiger charge is -2.00. The van der Waals surface area contributed by atoms with Crippen LogP contribution in [-0.2, 0) is 0 Å². The standard InChI is InChI=1S/C12H7BrClNO/c13-10-4-1-8(2-5-10)12(16)9-3-6-11(14)15-7-9/h1-7H. The van der Waals surface area contributed by atoms with E-state index in [0.29, 0.717) is 16.3 Å². The van der Waals surface area contributed by atoms with Gasteiger partial charge in [-0.25, -0.2) is 4.98 Å². The molecule has 0 fully saturated rings. The molecule has 2 rings (SSSR count). The summed E-state index contributed by atoms with van der Waals surface area (Å²) in [6.45, 7) is 0. The maximum Gasteiger partial charge on any atom is 0.194 e. The third-order valence-electron chi connectivity index (χ3n) is 2.10. The summed E-state index contributed by atoms with van der Waals surface area (Å²) < 4.78 is 0.943. The lowest BCUT2D eigenvalue weighted by atomic mass is 10.1. The Morgan fingerprint density at radius 2 is 1.69 bits per heavy atom. The van der Waals surface area contributed by atoms with Gasteiger partial charge in [-0.05, 0) is 36.4 Å². The summed E-state index contributed by atoms with van der Waals surface area (Å²) in [5, 5.41) is 0.382. The summed E-state index contributed by atoms with van der Waals surface area (Å²) in [6.07, 6.45) is 1.48. The first-order valence-corrected chi connectivity index (χ1v) is 5.76. The van der Waals surface area contributed by atoms with Crippen molar-refractivity contribution in [3.05, 3.63) is 63.3 Å². The molecule has 0 saturated heterocycles. The van der Waals surface area contributed by atoms with Crippen LogP contribution in [0.5, 0.6) is 0 Å². The number of aromatic nitrogens is 1. The fourth-order valence-electron chi connectivity index (χ4n) is 1.28. The molecule has 0 unspecified atom stereocenters. The topological polar surface area (TPSA) is 30.0 Å². The van der Waals surface area contributed by atoms with Crippen LogP contribution in [0.15, 0.2) is 47.1 Å². The molecule has 1 aromatic heterocycles. The second-order valence-corrected chi connectivity index (χ2v) is 4.51. The Hall–Kier alpha value is -1.19. The molecule has 0 atom stereocenters. The fourth-order valence-corrected chi connectivity index (χ4v) is 1.65. The summed E-state index contributed by atoms with van der Waals surface area (Å²) in [6, 6.07) is 10.5. The maximum absolute atomic E-state index is 12.0. The average Bonchev–Trinajstić information content (AvgIpc) is 2.30. The van der Waals surface area contributed by atoms with Gasteiger partial charge in [-0.3, -0.25) is 4.79 Å². The zero-order chi connectivity index (χ0) is 11.5. The second-order valence-electron chi connectivity index (χ2n) is 3.21. The van der Waals surface area contributed by atoms with Gasteiger partial charge in [0.25, 0.3) is 0 Å². The lowest BCUT2D eigenvalue weighted by molar-refractivity contribution is 0.103. The molecule has 0 N–H and O–H groups in total. The molecule has 0 radical (unpaired) electrons. The molecule has 0 aliphatic rings. The predicted octanol–water partition coefficient (Wildman–Crippen LogP) is 3.73. The van der Waals surface area contributed by atoms with E-state index in [9.17, 15) is 4.79 Å². The van der Waals surface area contributed by atoms with Crippen molar-refractivity contribution in [2.75, 3.05) is 0 Å². The Morgan fingerprint density at radius 1 is 1.06 bits per heavy atom. The van der Waals surface area contributed by atoms with Gasteiger partial charge in [0, 0.05) is 21.8 Å². The first-order chi connectivity index (χ1) is 7.66. The molecule has 0 saturated carbocycles. The van der Waals surface area contributed by atoms with Gasteiger partial charge < -0.3 is 0 Å². The number of halogens is 2. The molecule has 0 amide bonds. The Kier molecular flexibility index (Phi) is 3.36. The number of nitrogens with zero attached hydrogens (tertiary/aromatic N) is 1. The van der Waals surface area contributed by atoms with E-state index in [-0.39, 0.29) is 5.78 Å². The highest BCUT2D eigenvalue weighted by atomic mass is 79.9. The van der Waals surface area contributed by atoms with Crippen molar-refractivity contribution < 1.29 is 4.79 Å². The summed E-state index contributed by atoms with van der Waals surface area (Å²) in [5.41, 5.74) is 1.17. The van der Waals surface area contributed by atoms with Crippen LogP contribution < -0.4 is 0 Å². The van der Waals surface area contributed by atoms with Crippen molar-refractivity contribution in [2.24, 2.45) is 0 Å². The van der Waals surface area contributed by atoms with Crippen LogP contribution >= 0.6 is 27.5 Å². The number of hydrogen-bond donors (Lipinski definition) is 0. The number of pyridine rings is 1. The summed E-state index contributed by atoms with van der Waals surface area (Å²) in [4.78, 5) is 15.8. The van der Waals surface area contributed by atoms with Crippen LogP contribution in [0.4, 0.5) is 0 Å². The molecule has 80 valence electrons. The highest BCUT2D eigenvalue weighted by molar-refractivity contribution is 9.10. The van der Waals surface area contributed by atoms with Crippen LogP contribution in [0, 0.1) is 0 Å². The van der Waals surface area contributed by atoms with Crippen molar-refractivity contribution in [3.8, 4) is 0 Å². The van der Waals surface area contributed by atoms with E-state index in [4.69, 9.17) is 11.6 Å². The molecule has 4 heteroatoms. The van der Waals surface area contributed by atoms with Crippen molar-refractivity contribution >= 4 is 33.3 Å². The van der Waals surface area contributed by atoms with Crippen molar-refractivity contribution in [2.45, 2.75) is 0 Å². The van der Waals surface area contributed by atoms with Crippen molar-refractivity contribution in [3.63, 3.8) is 0 Å². The van der Waals surface area contributed by atoms with Gasteiger partial charge >= 0.3 is 0 Å². The van der Waals surface area contributed by atoms with E-state index in [1.54, 1.807) is 24.3 Å². The Bertz CT molecular complexity index is 460. The molecule has 2 aromatic rings. The average molecular weight is 297 g/mol. The first kappa shape index (κ1) is 11.3. The zero-order valence-corrected chi connectivity index (χ0v) is 10.5. The summed E-state index contributed by atoms with van der Waals surface area (Å²) in [5.74, 6) is -0.0586. The van der Waals surface area contributed by atoms with Crippen LogP contribution in [0.1, 0.15) is 15.9 Å². The van der Waals surface area contributed by atoms with Gasteiger partial charge in [-0.1, -0.05) is 27.5 Å². The highest BCUT2D eigenvalue weighted by Gasteiger charge is 2.08. The Morgan fingerprint density at radius 3 is 2.25 bits per heavy atom. The SMILES string of the molecule is O=C(c1ccc(Br)cc1)c1ccc(Cl)nc1. The third-order valence-corrected chi connectivity index (χ3v) is 2.85. The summed E-state index contributed by atoms with van der Waals surface area (Å²) in [7, 11) is 0. The number of ketones is 1. The van der Waals surface area contributed by atoms with Gasteiger partial charge in [0.15, 0.2) is 5.78 Å². The summed E-state index contributed by atoms with van der Waals surface area (Å²) >= 11 is 8.97. The van der Waals surface area contributed by atoms with Gasteiger partial charge in [0.05, 0.1) is 0 Å². The molecule has 16 heavy (non-hydrogen) atoms. The predicted molar refractivity (Wildman–Crippen MR) is 66.8 cm³/mol. The highest BCUT2D eigenvalue weighted by Crippen LogP contribution is 2.14. The van der Waals surface area contributed by atoms with E-state index < -0.39 is 0 Å². The van der Waals surface area contributed by atoms with Crippen molar-refractivity contribution in [1.29, 1.82) is 0 Å². The molecule has 0 spiro atoms. The van der Waals surface area contributed by atoms with Crippen LogP contribution in [0.2, 0.25) is 5.15 Å². The molecule has 0 bridgehead atoms. The van der Waals surface area contributed by atoms with E-state index in [1.807, 2.05) is 12.1 Å². The quantitative estimate of drug-likeness (QED) is 0.624. The van der Waals surface area contributed by atoms with Gasteiger partial charge in [0.2, 0.25) is 0 Å². The largest absolute Gasteiger partial charge is 0.289 e. The zero-order valence-electron chi connectivity index (χ0n) is 8.15. The smallest absolute Gasteiger partial charge is 0.194 e. The molecular weight excluding hydrogens is 289 g/mol. The first-order valence-electron chi connectivity index (χ1n) is 4.58. The molecular formula is C12H7BrClNO. The van der Waals surface area contributed by atoms with Gasteiger partial charge in [0.1, 0.15) is 5.15 Å². The lowest BCUT2D eigenvalue weighted by Crippen LogP contribution is -2.01. The number of hydrogen-bond acceptors (Lipinski definition) is 2. The fraction of sp³-hybridized carbons (Fsp3) is 0. The van der Waals surface area contributed by atoms with Crippen LogP contribution in [0.25, 0.3) is 0 Å².